The number of hydrogen-bond donors (Lipinski definition) is 1. The summed E-state index contributed by atoms with van der Waals surface area (Å²) in [5.41, 5.74) is 1.52. The van der Waals surface area contributed by atoms with Crippen LogP contribution in [0.15, 0.2) is 41.3 Å². The van der Waals surface area contributed by atoms with Gasteiger partial charge < -0.3 is 9.51 Å². The minimum Gasteiger partial charge on any atom is -0.476 e. The van der Waals surface area contributed by atoms with Crippen molar-refractivity contribution in [3.05, 3.63) is 52.0 Å². The number of carbonyl (C=O) groups is 1. The van der Waals surface area contributed by atoms with Gasteiger partial charge in [0.25, 0.3) is 0 Å². The lowest BCUT2D eigenvalue weighted by atomic mass is 10.2. The molecule has 0 radical (unpaired) electrons. The van der Waals surface area contributed by atoms with Crippen LogP contribution in [-0.2, 0) is 0 Å². The number of rotatable bonds is 2. The van der Waals surface area contributed by atoms with Gasteiger partial charge in [-0.15, -0.1) is 0 Å². The molecule has 0 aliphatic carbocycles. The molecule has 0 aliphatic rings. The van der Waals surface area contributed by atoms with Crippen LogP contribution in [0, 0.1) is 0 Å². The molecular weight excluding hydrogens is 346 g/mol. The standard InChI is InChI=1S/C13H7BrClN3O2/c14-7-1-2-8(9(15)5-7)10-6-18-4-3-16-11(13(19)20)12(18)17-10/h1-6H,(H,19,20). The summed E-state index contributed by atoms with van der Waals surface area (Å²) >= 11 is 9.52. The summed E-state index contributed by atoms with van der Waals surface area (Å²) in [7, 11) is 0. The van der Waals surface area contributed by atoms with Crippen LogP contribution in [0.3, 0.4) is 0 Å². The third-order valence-electron chi connectivity index (χ3n) is 2.78. The molecule has 5 nitrogen and oxygen atoms in total. The average molecular weight is 353 g/mol. The minimum atomic E-state index is -1.12. The van der Waals surface area contributed by atoms with Crippen molar-refractivity contribution in [1.82, 2.24) is 14.4 Å². The fourth-order valence-corrected chi connectivity index (χ4v) is 2.67. The zero-order valence-electron chi connectivity index (χ0n) is 9.92. The lowest BCUT2D eigenvalue weighted by Crippen LogP contribution is -2.03. The molecule has 7 heteroatoms. The van der Waals surface area contributed by atoms with Crippen LogP contribution >= 0.6 is 27.5 Å². The quantitative estimate of drug-likeness (QED) is 0.766. The van der Waals surface area contributed by atoms with E-state index in [4.69, 9.17) is 16.7 Å². The topological polar surface area (TPSA) is 67.5 Å². The van der Waals surface area contributed by atoms with Crippen molar-refractivity contribution in [3.63, 3.8) is 0 Å². The Labute approximate surface area is 127 Å². The third-order valence-corrected chi connectivity index (χ3v) is 3.59. The van der Waals surface area contributed by atoms with Crippen LogP contribution in [-0.4, -0.2) is 25.4 Å². The molecule has 2 aromatic heterocycles. The van der Waals surface area contributed by atoms with Crippen LogP contribution in [0.2, 0.25) is 5.02 Å². The van der Waals surface area contributed by atoms with Gasteiger partial charge in [0.05, 0.1) is 10.7 Å². The zero-order valence-corrected chi connectivity index (χ0v) is 12.3. The van der Waals surface area contributed by atoms with Crippen LogP contribution in [0.25, 0.3) is 16.9 Å². The van der Waals surface area contributed by atoms with Crippen molar-refractivity contribution in [1.29, 1.82) is 0 Å². The molecule has 1 aromatic carbocycles. The Bertz CT molecular complexity index is 832. The van der Waals surface area contributed by atoms with Gasteiger partial charge in [-0.1, -0.05) is 33.6 Å². The van der Waals surface area contributed by atoms with Gasteiger partial charge in [-0.25, -0.2) is 14.8 Å². The molecule has 0 aliphatic heterocycles. The molecule has 0 unspecified atom stereocenters. The molecule has 1 N–H and O–H groups in total. The smallest absolute Gasteiger partial charge is 0.358 e. The van der Waals surface area contributed by atoms with Crippen LogP contribution in [0.4, 0.5) is 0 Å². The molecule has 20 heavy (non-hydrogen) atoms. The summed E-state index contributed by atoms with van der Waals surface area (Å²) in [5.74, 6) is -1.12. The van der Waals surface area contributed by atoms with Crippen molar-refractivity contribution in [2.24, 2.45) is 0 Å². The van der Waals surface area contributed by atoms with Crippen molar-refractivity contribution >= 4 is 39.1 Å². The molecular formula is C13H7BrClN3O2. The highest BCUT2D eigenvalue weighted by atomic mass is 79.9. The maximum absolute atomic E-state index is 11.1. The molecule has 0 saturated carbocycles. The summed E-state index contributed by atoms with van der Waals surface area (Å²) in [6.07, 6.45) is 4.79. The number of hydrogen-bond acceptors (Lipinski definition) is 3. The van der Waals surface area contributed by atoms with E-state index in [0.717, 1.165) is 10.0 Å². The summed E-state index contributed by atoms with van der Waals surface area (Å²) in [5, 5.41) is 9.64. The molecule has 3 aromatic rings. The molecule has 0 amide bonds. The van der Waals surface area contributed by atoms with E-state index in [9.17, 15) is 4.79 Å². The first-order chi connectivity index (χ1) is 9.56. The molecule has 2 heterocycles. The number of benzene rings is 1. The van der Waals surface area contributed by atoms with Gasteiger partial charge >= 0.3 is 5.97 Å². The van der Waals surface area contributed by atoms with Crippen molar-refractivity contribution < 1.29 is 9.90 Å². The number of imidazole rings is 1. The first kappa shape index (κ1) is 13.1. The molecule has 0 atom stereocenters. The number of aromatic nitrogens is 3. The van der Waals surface area contributed by atoms with E-state index in [1.165, 1.54) is 6.20 Å². The number of carboxylic acid groups (broad SMARTS) is 1. The van der Waals surface area contributed by atoms with E-state index in [0.29, 0.717) is 10.7 Å². The van der Waals surface area contributed by atoms with Crippen LogP contribution < -0.4 is 0 Å². The van der Waals surface area contributed by atoms with E-state index in [-0.39, 0.29) is 11.3 Å². The highest BCUT2D eigenvalue weighted by molar-refractivity contribution is 9.10. The number of carboxylic acids is 1. The zero-order chi connectivity index (χ0) is 14.3. The fraction of sp³-hybridized carbons (Fsp3) is 0. The van der Waals surface area contributed by atoms with Gasteiger partial charge in [0.1, 0.15) is 0 Å². The Morgan fingerprint density at radius 3 is 2.90 bits per heavy atom. The van der Waals surface area contributed by atoms with Gasteiger partial charge in [0, 0.05) is 28.6 Å². The first-order valence-corrected chi connectivity index (χ1v) is 6.76. The molecule has 0 bridgehead atoms. The second kappa shape index (κ2) is 4.88. The lowest BCUT2D eigenvalue weighted by molar-refractivity contribution is 0.0692. The molecule has 0 saturated heterocycles. The highest BCUT2D eigenvalue weighted by Gasteiger charge is 2.15. The number of halogens is 2. The predicted octanol–water partition coefficient (Wildman–Crippen LogP) is 3.51. The minimum absolute atomic E-state index is 0.0908. The Morgan fingerprint density at radius 1 is 1.40 bits per heavy atom. The van der Waals surface area contributed by atoms with E-state index in [2.05, 4.69) is 25.9 Å². The number of nitrogens with zero attached hydrogens (tertiary/aromatic N) is 3. The Hall–Kier alpha value is -1.92. The Balaban J connectivity index is 2.23. The maximum atomic E-state index is 11.1. The number of aromatic carboxylic acids is 1. The van der Waals surface area contributed by atoms with Crippen molar-refractivity contribution in [2.75, 3.05) is 0 Å². The van der Waals surface area contributed by atoms with Crippen molar-refractivity contribution in [3.8, 4) is 11.3 Å². The Kier molecular flexibility index (Phi) is 3.19. The number of fused-ring (bicyclic) bond motifs is 1. The molecule has 3 rings (SSSR count). The van der Waals surface area contributed by atoms with Gasteiger partial charge in [-0.05, 0) is 12.1 Å². The normalized spacial score (nSPS) is 10.9. The molecule has 0 fully saturated rings. The largest absolute Gasteiger partial charge is 0.476 e. The van der Waals surface area contributed by atoms with Gasteiger partial charge in [-0.2, -0.15) is 0 Å². The monoisotopic (exact) mass is 351 g/mol. The van der Waals surface area contributed by atoms with E-state index in [1.54, 1.807) is 22.9 Å². The third kappa shape index (κ3) is 2.17. The first-order valence-electron chi connectivity index (χ1n) is 5.58. The summed E-state index contributed by atoms with van der Waals surface area (Å²) in [6.45, 7) is 0. The predicted molar refractivity (Wildman–Crippen MR) is 78.1 cm³/mol. The van der Waals surface area contributed by atoms with Crippen LogP contribution in [0.1, 0.15) is 10.5 Å². The van der Waals surface area contributed by atoms with Crippen molar-refractivity contribution in [2.45, 2.75) is 0 Å². The molecule has 100 valence electrons. The second-order valence-corrected chi connectivity index (χ2v) is 5.39. The van der Waals surface area contributed by atoms with Crippen LogP contribution in [0.5, 0.6) is 0 Å². The summed E-state index contributed by atoms with van der Waals surface area (Å²) < 4.78 is 2.48. The van der Waals surface area contributed by atoms with E-state index in [1.807, 2.05) is 12.1 Å². The Morgan fingerprint density at radius 2 is 2.20 bits per heavy atom. The maximum Gasteiger partial charge on any atom is 0.358 e. The van der Waals surface area contributed by atoms with Gasteiger partial charge in [0.2, 0.25) is 0 Å². The average Bonchev–Trinajstić information content (AvgIpc) is 2.81. The van der Waals surface area contributed by atoms with E-state index < -0.39 is 5.97 Å². The second-order valence-electron chi connectivity index (χ2n) is 4.06. The summed E-state index contributed by atoms with van der Waals surface area (Å²) in [6, 6.07) is 5.43. The SMILES string of the molecule is O=C(O)c1nccn2cc(-c3ccc(Br)cc3Cl)nc12. The van der Waals surface area contributed by atoms with Gasteiger partial charge in [-0.3, -0.25) is 0 Å². The van der Waals surface area contributed by atoms with Gasteiger partial charge in [0.15, 0.2) is 11.3 Å². The summed E-state index contributed by atoms with van der Waals surface area (Å²) in [4.78, 5) is 19.3. The lowest BCUT2D eigenvalue weighted by Gasteiger charge is -2.00. The van der Waals surface area contributed by atoms with E-state index >= 15 is 0 Å². The highest BCUT2D eigenvalue weighted by Crippen LogP contribution is 2.30. The molecule has 0 spiro atoms. The fourth-order valence-electron chi connectivity index (χ4n) is 1.90.